The van der Waals surface area contributed by atoms with Gasteiger partial charge in [-0.2, -0.15) is 5.10 Å². The molecule has 4 N–H and O–H groups in total. The second kappa shape index (κ2) is 5.48. The topological polar surface area (TPSA) is 110 Å². The molecule has 1 aromatic rings. The number of nitrogens with two attached hydrogens (primary N) is 1. The van der Waals surface area contributed by atoms with Crippen LogP contribution >= 0.6 is 0 Å². The molecule has 0 radical (unpaired) electrons. The third kappa shape index (κ3) is 3.68. The molecule has 7 nitrogen and oxygen atoms in total. The van der Waals surface area contributed by atoms with Crippen molar-refractivity contribution in [3.63, 3.8) is 0 Å². The zero-order valence-corrected chi connectivity index (χ0v) is 12.6. The number of nitrogens with zero attached hydrogens (tertiary/aromatic N) is 2. The van der Waals surface area contributed by atoms with Gasteiger partial charge in [0.15, 0.2) is 5.82 Å². The van der Waals surface area contributed by atoms with E-state index in [0.29, 0.717) is 12.1 Å². The lowest BCUT2D eigenvalue weighted by Gasteiger charge is -2.22. The average molecular weight is 290 g/mol. The summed E-state index contributed by atoms with van der Waals surface area (Å²) >= 11 is 0. The quantitative estimate of drug-likeness (QED) is 0.690. The largest absolute Gasteiger partial charge is 0.389 e. The Balaban J connectivity index is 2.94. The fourth-order valence-corrected chi connectivity index (χ4v) is 3.38. The van der Waals surface area contributed by atoms with Crippen LogP contribution in [0.2, 0.25) is 0 Å². The van der Waals surface area contributed by atoms with Crippen molar-refractivity contribution in [1.29, 1.82) is 0 Å². The Morgan fingerprint density at radius 3 is 2.53 bits per heavy atom. The van der Waals surface area contributed by atoms with Gasteiger partial charge >= 0.3 is 0 Å². The van der Waals surface area contributed by atoms with Crippen LogP contribution in [0.5, 0.6) is 0 Å². The number of rotatable bonds is 6. The minimum absolute atomic E-state index is 0.0256. The van der Waals surface area contributed by atoms with Crippen LogP contribution in [-0.2, 0) is 17.1 Å². The normalized spacial score (nSPS) is 15.4. The lowest BCUT2D eigenvalue weighted by Crippen LogP contribution is -2.40. The van der Waals surface area contributed by atoms with Crippen molar-refractivity contribution in [2.24, 2.45) is 7.05 Å². The number of anilines is 1. The fraction of sp³-hybridized carbons (Fsp3) is 0.727. The van der Waals surface area contributed by atoms with Crippen molar-refractivity contribution >= 4 is 15.8 Å². The first-order valence-electron chi connectivity index (χ1n) is 6.12. The predicted molar refractivity (Wildman–Crippen MR) is 73.1 cm³/mol. The molecule has 0 saturated heterocycles. The van der Waals surface area contributed by atoms with Crippen molar-refractivity contribution in [2.45, 2.75) is 44.1 Å². The third-order valence-electron chi connectivity index (χ3n) is 3.00. The Bertz CT molecular complexity index is 549. The van der Waals surface area contributed by atoms with Gasteiger partial charge in [-0.05, 0) is 20.3 Å². The number of nitrogens with one attached hydrogen (secondary N) is 1. The fourth-order valence-electron chi connectivity index (χ4n) is 1.90. The number of nitrogen functional groups attached to an aromatic ring is 1. The van der Waals surface area contributed by atoms with E-state index in [9.17, 15) is 13.5 Å². The van der Waals surface area contributed by atoms with Crippen LogP contribution in [0.4, 0.5) is 5.82 Å². The Labute approximate surface area is 113 Å². The molecule has 8 heteroatoms. The summed E-state index contributed by atoms with van der Waals surface area (Å²) in [7, 11) is -2.15. The molecule has 1 atom stereocenters. The molecule has 0 aliphatic carbocycles. The summed E-state index contributed by atoms with van der Waals surface area (Å²) in [6.45, 7) is 5.09. The molecule has 1 rings (SSSR count). The number of aliphatic hydroxyl groups is 1. The predicted octanol–water partition coefficient (Wildman–Crippen LogP) is 0.140. The highest BCUT2D eigenvalue weighted by Gasteiger charge is 2.28. The molecular formula is C11H22N4O3S. The Morgan fingerprint density at radius 2 is 2.11 bits per heavy atom. The van der Waals surface area contributed by atoms with Crippen molar-refractivity contribution < 1.29 is 13.5 Å². The maximum absolute atomic E-state index is 12.2. The van der Waals surface area contributed by atoms with E-state index in [4.69, 9.17) is 5.73 Å². The molecular weight excluding hydrogens is 268 g/mol. The van der Waals surface area contributed by atoms with Crippen LogP contribution in [-0.4, -0.2) is 35.5 Å². The molecule has 0 aliphatic heterocycles. The van der Waals surface area contributed by atoms with Gasteiger partial charge in [0.05, 0.1) is 11.3 Å². The van der Waals surface area contributed by atoms with Gasteiger partial charge in [0.1, 0.15) is 4.90 Å². The Morgan fingerprint density at radius 1 is 1.53 bits per heavy atom. The number of sulfonamides is 1. The summed E-state index contributed by atoms with van der Waals surface area (Å²) < 4.78 is 28.2. The Kier molecular flexibility index (Phi) is 4.59. The van der Waals surface area contributed by atoms with Crippen LogP contribution in [0.1, 0.15) is 32.4 Å². The van der Waals surface area contributed by atoms with Gasteiger partial charge in [0.2, 0.25) is 10.0 Å². The molecule has 0 aromatic carbocycles. The van der Waals surface area contributed by atoms with Crippen LogP contribution in [0.15, 0.2) is 4.90 Å². The monoisotopic (exact) mass is 290 g/mol. The highest BCUT2D eigenvalue weighted by molar-refractivity contribution is 7.89. The van der Waals surface area contributed by atoms with E-state index >= 15 is 0 Å². The molecule has 19 heavy (non-hydrogen) atoms. The van der Waals surface area contributed by atoms with E-state index in [1.54, 1.807) is 20.9 Å². The first kappa shape index (κ1) is 15.9. The molecule has 0 fully saturated rings. The van der Waals surface area contributed by atoms with Gasteiger partial charge in [-0.25, -0.2) is 13.1 Å². The van der Waals surface area contributed by atoms with Crippen LogP contribution in [0.25, 0.3) is 0 Å². The smallest absolute Gasteiger partial charge is 0.246 e. The van der Waals surface area contributed by atoms with E-state index < -0.39 is 15.6 Å². The van der Waals surface area contributed by atoms with Gasteiger partial charge in [0.25, 0.3) is 0 Å². The highest BCUT2D eigenvalue weighted by atomic mass is 32.2. The van der Waals surface area contributed by atoms with Gasteiger partial charge < -0.3 is 10.8 Å². The maximum atomic E-state index is 12.2. The van der Waals surface area contributed by atoms with E-state index in [2.05, 4.69) is 9.82 Å². The summed E-state index contributed by atoms with van der Waals surface area (Å²) in [5.41, 5.74) is 4.99. The van der Waals surface area contributed by atoms with Crippen LogP contribution in [0, 0.1) is 6.92 Å². The standard InChI is InChI=1S/C11H22N4O3S/c1-5-6-11(3,16)7-13-19(17,18)9-8(2)15(4)14-10(9)12/h13,16H,5-7H2,1-4H3,(H2,12,14). The zero-order chi connectivity index (χ0) is 14.8. The summed E-state index contributed by atoms with van der Waals surface area (Å²) in [4.78, 5) is -0.0256. The number of aryl methyl sites for hydroxylation is 1. The summed E-state index contributed by atoms with van der Waals surface area (Å²) in [6.07, 6.45) is 1.28. The number of hydrogen-bond donors (Lipinski definition) is 3. The lowest BCUT2D eigenvalue weighted by molar-refractivity contribution is 0.0554. The van der Waals surface area contributed by atoms with Gasteiger partial charge in [-0.1, -0.05) is 13.3 Å². The highest BCUT2D eigenvalue weighted by Crippen LogP contribution is 2.21. The van der Waals surface area contributed by atoms with Gasteiger partial charge in [-0.3, -0.25) is 4.68 Å². The van der Waals surface area contributed by atoms with Crippen molar-refractivity contribution in [1.82, 2.24) is 14.5 Å². The SMILES string of the molecule is CCCC(C)(O)CNS(=O)(=O)c1c(N)nn(C)c1C. The minimum Gasteiger partial charge on any atom is -0.389 e. The molecule has 0 bridgehead atoms. The maximum Gasteiger partial charge on any atom is 0.246 e. The first-order valence-corrected chi connectivity index (χ1v) is 7.60. The van der Waals surface area contributed by atoms with E-state index in [1.165, 1.54) is 4.68 Å². The molecule has 0 saturated carbocycles. The molecule has 0 amide bonds. The Hall–Kier alpha value is -1.12. The van der Waals surface area contributed by atoms with E-state index in [1.807, 2.05) is 6.92 Å². The van der Waals surface area contributed by atoms with Crippen LogP contribution < -0.4 is 10.5 Å². The molecule has 1 aromatic heterocycles. The molecule has 110 valence electrons. The van der Waals surface area contributed by atoms with Crippen molar-refractivity contribution in [3.05, 3.63) is 5.69 Å². The second-order valence-electron chi connectivity index (χ2n) is 4.99. The average Bonchev–Trinajstić information content (AvgIpc) is 2.51. The number of aromatic nitrogens is 2. The molecule has 0 aliphatic rings. The van der Waals surface area contributed by atoms with Crippen molar-refractivity contribution in [3.8, 4) is 0 Å². The van der Waals surface area contributed by atoms with E-state index in [0.717, 1.165) is 6.42 Å². The van der Waals surface area contributed by atoms with Gasteiger partial charge in [0, 0.05) is 13.6 Å². The lowest BCUT2D eigenvalue weighted by atomic mass is 10.0. The molecule has 1 heterocycles. The summed E-state index contributed by atoms with van der Waals surface area (Å²) in [6, 6.07) is 0. The third-order valence-corrected chi connectivity index (χ3v) is 4.57. The van der Waals surface area contributed by atoms with Crippen LogP contribution in [0.3, 0.4) is 0 Å². The van der Waals surface area contributed by atoms with E-state index in [-0.39, 0.29) is 17.3 Å². The zero-order valence-electron chi connectivity index (χ0n) is 11.8. The summed E-state index contributed by atoms with van der Waals surface area (Å²) in [5, 5.41) is 13.9. The second-order valence-corrected chi connectivity index (χ2v) is 6.70. The minimum atomic E-state index is -3.77. The first-order chi connectivity index (χ1) is 8.60. The van der Waals surface area contributed by atoms with Crippen molar-refractivity contribution in [2.75, 3.05) is 12.3 Å². The summed E-state index contributed by atoms with van der Waals surface area (Å²) in [5.74, 6) is -0.0392. The molecule has 1 unspecified atom stereocenters. The molecule has 0 spiro atoms. The number of hydrogen-bond acceptors (Lipinski definition) is 5. The van der Waals surface area contributed by atoms with Gasteiger partial charge in [-0.15, -0.1) is 0 Å².